The van der Waals surface area contributed by atoms with Crippen LogP contribution in [0, 0.1) is 0 Å². The molecule has 1 aliphatic rings. The molecular weight excluding hydrogens is 601 g/mol. The van der Waals surface area contributed by atoms with Gasteiger partial charge in [0.2, 0.25) is 5.78 Å². The normalized spacial score (nSPS) is 11.2. The van der Waals surface area contributed by atoms with Crippen LogP contribution in [0.5, 0.6) is 0 Å². The summed E-state index contributed by atoms with van der Waals surface area (Å²) in [5, 5.41) is 2.00. The number of rotatable bonds is 2. The Hall–Kier alpha value is -5.14. The molecule has 0 fully saturated rings. The van der Waals surface area contributed by atoms with E-state index in [4.69, 9.17) is 0 Å². The van der Waals surface area contributed by atoms with Crippen LogP contribution in [-0.2, 0) is 29.1 Å². The number of hydrogen-bond donors (Lipinski definition) is 0. The van der Waals surface area contributed by atoms with Gasteiger partial charge in [-0.3, -0.25) is 34.5 Å². The number of aromatic nitrogens is 5. The Balaban J connectivity index is 0.000000142. The summed E-state index contributed by atoms with van der Waals surface area (Å²) in [6.07, 6.45) is 10.1. The molecule has 1 amide bonds. The quantitative estimate of drug-likeness (QED) is 0.212. The van der Waals surface area contributed by atoms with E-state index in [2.05, 4.69) is 29.9 Å². The summed E-state index contributed by atoms with van der Waals surface area (Å²) in [6, 6.07) is 30.4. The zero-order valence-electron chi connectivity index (χ0n) is 21.6. The van der Waals surface area contributed by atoms with Crippen molar-refractivity contribution in [1.29, 1.82) is 0 Å². The van der Waals surface area contributed by atoms with Gasteiger partial charge in [0, 0.05) is 67.1 Å². The Labute approximate surface area is 248 Å². The third kappa shape index (κ3) is 7.50. The summed E-state index contributed by atoms with van der Waals surface area (Å²) in [5.74, 6) is -1.29. The fourth-order valence-electron chi connectivity index (χ4n) is 3.81. The molecule has 8 nitrogen and oxygen atoms in total. The van der Waals surface area contributed by atoms with E-state index in [9.17, 15) is 9.59 Å². The van der Waals surface area contributed by atoms with Crippen LogP contribution in [0.25, 0.3) is 39.8 Å². The number of nitrogens with zero attached hydrogens (tertiary/aromatic N) is 6. The van der Waals surface area contributed by atoms with Crippen LogP contribution >= 0.6 is 0 Å². The van der Waals surface area contributed by atoms with Gasteiger partial charge in [0.25, 0.3) is 0 Å². The molecule has 1 aliphatic heterocycles. The third-order valence-corrected chi connectivity index (χ3v) is 5.68. The number of hydrogen-bond acceptors (Lipinski definition) is 7. The minimum atomic E-state index is -0.719. The first kappa shape index (κ1) is 28.9. The van der Waals surface area contributed by atoms with Gasteiger partial charge in [0.15, 0.2) is 0 Å². The van der Waals surface area contributed by atoms with E-state index in [1.807, 2.05) is 84.9 Å². The second kappa shape index (κ2) is 14.3. The predicted molar refractivity (Wildman–Crippen MR) is 152 cm³/mol. The molecule has 0 unspecified atom stereocenters. The molecule has 0 spiro atoms. The Kier molecular flexibility index (Phi) is 10.1. The molecule has 0 saturated carbocycles. The number of fused-ring (bicyclic) bond motifs is 3. The van der Waals surface area contributed by atoms with Crippen LogP contribution in [0.3, 0.4) is 0 Å². The van der Waals surface area contributed by atoms with Gasteiger partial charge in [-0.1, -0.05) is 30.3 Å². The van der Waals surface area contributed by atoms with Gasteiger partial charge in [-0.05, 0) is 66.7 Å². The number of amides is 1. The van der Waals surface area contributed by atoms with Crippen molar-refractivity contribution < 1.29 is 29.1 Å². The van der Waals surface area contributed by atoms with E-state index < -0.39 is 11.7 Å². The van der Waals surface area contributed by atoms with Gasteiger partial charge in [-0.15, -0.1) is 0 Å². The maximum atomic E-state index is 11.2. The molecule has 200 valence electrons. The molecule has 41 heavy (non-hydrogen) atoms. The van der Waals surface area contributed by atoms with E-state index in [0.29, 0.717) is 10.6 Å². The number of carbonyl (C=O) groups is 2. The van der Waals surface area contributed by atoms with Gasteiger partial charge in [-0.2, -0.15) is 0 Å². The summed E-state index contributed by atoms with van der Waals surface area (Å²) in [4.78, 5) is 47.1. The first-order chi connectivity index (χ1) is 19.7. The molecule has 1 aromatic carbocycles. The molecule has 7 rings (SSSR count). The summed E-state index contributed by atoms with van der Waals surface area (Å²) in [6.45, 7) is 0. The standard InChI is InChI=1S/C12H6N2O2.2C10H8N2.Ru/c15-10-6-7-3-4-9-8(2-1-5-13-9)11(7)14-12(10)16;2*1-3-7-11-9(5-1)10-6-2-4-8-12-10;/h1-6H;2*1-8H;. The first-order valence-corrected chi connectivity index (χ1v) is 12.4. The third-order valence-electron chi connectivity index (χ3n) is 5.68. The minimum absolute atomic E-state index is 0. The fourth-order valence-corrected chi connectivity index (χ4v) is 3.81. The molecule has 0 radical (unpaired) electrons. The van der Waals surface area contributed by atoms with Crippen LogP contribution in [0.2, 0.25) is 0 Å². The topological polar surface area (TPSA) is 111 Å². The molecule has 6 heterocycles. The molecule has 0 saturated heterocycles. The molecule has 9 heteroatoms. The maximum absolute atomic E-state index is 11.2. The largest absolute Gasteiger partial charge is 0.318 e. The number of Topliss-reactive ketones (excluding diaryl/α,β-unsaturated/α-hetero) is 1. The zero-order chi connectivity index (χ0) is 27.6. The Morgan fingerprint density at radius 1 is 0.463 bits per heavy atom. The molecule has 0 N–H and O–H groups in total. The summed E-state index contributed by atoms with van der Waals surface area (Å²) < 4.78 is 0. The first-order valence-electron chi connectivity index (χ1n) is 12.4. The smallest absolute Gasteiger partial charge is 0.284 e. The summed E-state index contributed by atoms with van der Waals surface area (Å²) in [7, 11) is 0. The Bertz CT molecular complexity index is 1720. The predicted octanol–water partition coefficient (Wildman–Crippen LogP) is 4.03. The number of pyridine rings is 5. The average molecular weight is 624 g/mol. The summed E-state index contributed by atoms with van der Waals surface area (Å²) in [5.41, 5.74) is 4.42. The van der Waals surface area contributed by atoms with Crippen molar-refractivity contribution in [3.05, 3.63) is 139 Å². The van der Waals surface area contributed by atoms with E-state index in [-0.39, 0.29) is 19.5 Å². The molecule has 5 aromatic heterocycles. The van der Waals surface area contributed by atoms with Crippen LogP contribution in [0.15, 0.2) is 133 Å². The van der Waals surface area contributed by atoms with Crippen molar-refractivity contribution >= 4 is 28.7 Å². The number of benzene rings is 1. The van der Waals surface area contributed by atoms with Crippen molar-refractivity contribution in [1.82, 2.24) is 24.9 Å². The second-order valence-corrected chi connectivity index (χ2v) is 8.36. The van der Waals surface area contributed by atoms with Crippen LogP contribution in [-0.4, -0.2) is 36.6 Å². The van der Waals surface area contributed by atoms with E-state index >= 15 is 0 Å². The van der Waals surface area contributed by atoms with Gasteiger partial charge < -0.3 is 0 Å². The fraction of sp³-hybridized carbons (Fsp3) is 0. The Morgan fingerprint density at radius 2 is 0.927 bits per heavy atom. The number of carbonyl (C=O) groups excluding carboxylic acids is 2. The van der Waals surface area contributed by atoms with Crippen molar-refractivity contribution in [2.24, 2.45) is 4.99 Å². The Morgan fingerprint density at radius 3 is 1.37 bits per heavy atom. The zero-order valence-corrected chi connectivity index (χ0v) is 23.3. The average Bonchev–Trinajstić information content (AvgIpc) is 3.04. The van der Waals surface area contributed by atoms with Crippen molar-refractivity contribution in [2.75, 3.05) is 0 Å². The van der Waals surface area contributed by atoms with Gasteiger partial charge in [-0.25, -0.2) is 4.99 Å². The van der Waals surface area contributed by atoms with Crippen molar-refractivity contribution in [2.45, 2.75) is 0 Å². The van der Waals surface area contributed by atoms with E-state index in [0.717, 1.165) is 33.7 Å². The minimum Gasteiger partial charge on any atom is -0.284 e. The van der Waals surface area contributed by atoms with Gasteiger partial charge in [0.1, 0.15) is 0 Å². The second-order valence-electron chi connectivity index (χ2n) is 8.36. The molecule has 6 aromatic rings. The van der Waals surface area contributed by atoms with Gasteiger partial charge in [0.05, 0.1) is 33.6 Å². The molecule has 0 aliphatic carbocycles. The monoisotopic (exact) mass is 624 g/mol. The summed E-state index contributed by atoms with van der Waals surface area (Å²) >= 11 is 0. The maximum Gasteiger partial charge on any atom is 0.318 e. The van der Waals surface area contributed by atoms with Crippen LogP contribution in [0.1, 0.15) is 0 Å². The van der Waals surface area contributed by atoms with Crippen molar-refractivity contribution in [3.63, 3.8) is 0 Å². The van der Waals surface area contributed by atoms with Gasteiger partial charge >= 0.3 is 5.91 Å². The number of ketones is 1. The van der Waals surface area contributed by atoms with Crippen LogP contribution < -0.4 is 10.6 Å². The molecule has 0 atom stereocenters. The van der Waals surface area contributed by atoms with Crippen molar-refractivity contribution in [3.8, 4) is 22.8 Å². The molecular formula is C32H22N6O2Ru. The molecule has 0 bridgehead atoms. The SMILES string of the molecule is O=C1C=c2ccc3ncccc3c2=NC1=O.[Ru].c1ccc(-c2ccccn2)nc1.c1ccc(-c2ccccn2)nc1. The van der Waals surface area contributed by atoms with E-state index in [1.54, 1.807) is 43.1 Å². The van der Waals surface area contributed by atoms with E-state index in [1.165, 1.54) is 6.08 Å². The van der Waals surface area contributed by atoms with Crippen LogP contribution in [0.4, 0.5) is 0 Å².